The Bertz CT molecular complexity index is 1270. The molecule has 0 unspecified atom stereocenters. The first-order valence-electron chi connectivity index (χ1n) is 9.90. The number of benzene rings is 1. The fourth-order valence-corrected chi connectivity index (χ4v) is 5.27. The third-order valence-corrected chi connectivity index (χ3v) is 6.83. The first-order chi connectivity index (χ1) is 14.5. The molecule has 0 amide bonds. The number of rotatable bonds is 3. The van der Waals surface area contributed by atoms with Gasteiger partial charge < -0.3 is 14.5 Å². The zero-order valence-corrected chi connectivity index (χ0v) is 17.5. The summed E-state index contributed by atoms with van der Waals surface area (Å²) in [6.45, 7) is 3.23. The van der Waals surface area contributed by atoms with Crippen molar-refractivity contribution in [3.63, 3.8) is 0 Å². The molecule has 9 heteroatoms. The average molecular weight is 426 g/mol. The maximum atomic E-state index is 13.0. The minimum atomic E-state index is -0.419. The Hall–Kier alpha value is -2.78. The maximum absolute atomic E-state index is 13.0. The molecule has 0 aliphatic carbocycles. The SMILES string of the molecule is COc1ccc2cc([C@H]3SC(C)=Nc4c3c(=O)[nH]n4C3CCOCC3)c(=O)[nH]c2c1. The van der Waals surface area contributed by atoms with Gasteiger partial charge in [0.1, 0.15) is 5.75 Å². The second kappa shape index (κ2) is 7.48. The summed E-state index contributed by atoms with van der Waals surface area (Å²) in [4.78, 5) is 33.6. The number of aromatic amines is 2. The summed E-state index contributed by atoms with van der Waals surface area (Å²) in [5.74, 6) is 1.30. The van der Waals surface area contributed by atoms with Crippen molar-refractivity contribution in [2.75, 3.05) is 20.3 Å². The summed E-state index contributed by atoms with van der Waals surface area (Å²) < 4.78 is 12.6. The lowest BCUT2D eigenvalue weighted by Gasteiger charge is -2.26. The number of H-pyrrole nitrogens is 2. The standard InChI is InChI=1S/C21H22N4O4S/c1-11-22-19-17(21(27)24-25(19)13-5-7-29-8-6-13)18(30-11)15-9-12-3-4-14(28-2)10-16(12)23-20(15)26/h3-4,9-10,13,18H,5-8H2,1-2H3,(H,23,26)(H,24,27)/t18-/m1/s1. The summed E-state index contributed by atoms with van der Waals surface area (Å²) >= 11 is 1.43. The lowest BCUT2D eigenvalue weighted by Crippen LogP contribution is -2.21. The van der Waals surface area contributed by atoms with Gasteiger partial charge in [-0.1, -0.05) is 11.8 Å². The number of hydrogen-bond donors (Lipinski definition) is 2. The van der Waals surface area contributed by atoms with E-state index in [0.717, 1.165) is 23.3 Å². The fraction of sp³-hybridized carbons (Fsp3) is 0.381. The van der Waals surface area contributed by atoms with Crippen molar-refractivity contribution < 1.29 is 9.47 Å². The van der Waals surface area contributed by atoms with E-state index in [1.54, 1.807) is 13.2 Å². The number of methoxy groups -OCH3 is 1. The molecular formula is C21H22N4O4S. The molecular weight excluding hydrogens is 404 g/mol. The maximum Gasteiger partial charge on any atom is 0.271 e. The van der Waals surface area contributed by atoms with E-state index in [1.807, 2.05) is 29.8 Å². The van der Waals surface area contributed by atoms with E-state index in [2.05, 4.69) is 15.1 Å². The van der Waals surface area contributed by atoms with Crippen LogP contribution >= 0.6 is 11.8 Å². The van der Waals surface area contributed by atoms with Gasteiger partial charge in [-0.15, -0.1) is 0 Å². The van der Waals surface area contributed by atoms with E-state index < -0.39 is 5.25 Å². The van der Waals surface area contributed by atoms with E-state index in [1.165, 1.54) is 11.8 Å². The van der Waals surface area contributed by atoms with Crippen LogP contribution in [0.25, 0.3) is 10.9 Å². The molecule has 4 heterocycles. The molecule has 8 nitrogen and oxygen atoms in total. The number of nitrogens with zero attached hydrogens (tertiary/aromatic N) is 2. The van der Waals surface area contributed by atoms with Crippen molar-refractivity contribution in [2.24, 2.45) is 4.99 Å². The Morgan fingerprint density at radius 1 is 1.20 bits per heavy atom. The molecule has 2 aromatic heterocycles. The van der Waals surface area contributed by atoms with Crippen LogP contribution in [0.1, 0.15) is 42.2 Å². The van der Waals surface area contributed by atoms with E-state index in [9.17, 15) is 9.59 Å². The Balaban J connectivity index is 1.64. The van der Waals surface area contributed by atoms with E-state index in [4.69, 9.17) is 9.47 Å². The smallest absolute Gasteiger partial charge is 0.271 e. The molecule has 0 saturated carbocycles. The molecule has 0 bridgehead atoms. The number of aromatic nitrogens is 3. The predicted molar refractivity (Wildman–Crippen MR) is 117 cm³/mol. The van der Waals surface area contributed by atoms with Gasteiger partial charge in [0.05, 0.1) is 34.5 Å². The Morgan fingerprint density at radius 3 is 2.77 bits per heavy atom. The summed E-state index contributed by atoms with van der Waals surface area (Å²) in [7, 11) is 1.59. The minimum absolute atomic E-state index is 0.137. The monoisotopic (exact) mass is 426 g/mol. The van der Waals surface area contributed by atoms with Gasteiger partial charge in [0, 0.05) is 24.8 Å². The van der Waals surface area contributed by atoms with Gasteiger partial charge in [-0.2, -0.15) is 0 Å². The molecule has 5 rings (SSSR count). The number of nitrogens with one attached hydrogen (secondary N) is 2. The molecule has 0 radical (unpaired) electrons. The zero-order chi connectivity index (χ0) is 20.8. The van der Waals surface area contributed by atoms with Gasteiger partial charge in [-0.3, -0.25) is 19.4 Å². The van der Waals surface area contributed by atoms with Gasteiger partial charge >= 0.3 is 0 Å². The number of hydrogen-bond acceptors (Lipinski definition) is 6. The third-order valence-electron chi connectivity index (χ3n) is 5.67. The van der Waals surface area contributed by atoms with Crippen molar-refractivity contribution in [2.45, 2.75) is 31.1 Å². The van der Waals surface area contributed by atoms with Crippen molar-refractivity contribution >= 4 is 33.5 Å². The molecule has 2 aliphatic rings. The van der Waals surface area contributed by atoms with Crippen LogP contribution in [0.3, 0.4) is 0 Å². The molecule has 156 valence electrons. The number of aliphatic imine (C=N–C) groups is 1. The lowest BCUT2D eigenvalue weighted by molar-refractivity contribution is 0.0666. The fourth-order valence-electron chi connectivity index (χ4n) is 4.15. The molecule has 30 heavy (non-hydrogen) atoms. The van der Waals surface area contributed by atoms with Crippen LogP contribution in [0.4, 0.5) is 5.82 Å². The molecule has 1 aromatic carbocycles. The van der Waals surface area contributed by atoms with Crippen LogP contribution in [0.15, 0.2) is 38.8 Å². The summed E-state index contributed by atoms with van der Waals surface area (Å²) in [6, 6.07) is 7.55. The van der Waals surface area contributed by atoms with Gasteiger partial charge in [0.15, 0.2) is 5.82 Å². The van der Waals surface area contributed by atoms with Crippen molar-refractivity contribution in [1.82, 2.24) is 14.8 Å². The molecule has 1 fully saturated rings. The highest BCUT2D eigenvalue weighted by Gasteiger charge is 2.33. The first kappa shape index (κ1) is 19.2. The largest absolute Gasteiger partial charge is 0.497 e. The third kappa shape index (κ3) is 3.18. The summed E-state index contributed by atoms with van der Waals surface area (Å²) in [6.07, 6.45) is 1.64. The summed E-state index contributed by atoms with van der Waals surface area (Å²) in [5.41, 5.74) is 1.37. The topological polar surface area (TPSA) is 101 Å². The van der Waals surface area contributed by atoms with Gasteiger partial charge in [-0.25, -0.2) is 4.99 Å². The molecule has 1 saturated heterocycles. The molecule has 2 N–H and O–H groups in total. The highest BCUT2D eigenvalue weighted by molar-refractivity contribution is 8.14. The Kier molecular flexibility index (Phi) is 4.79. The van der Waals surface area contributed by atoms with Crippen LogP contribution in [0, 0.1) is 0 Å². The molecule has 0 spiro atoms. The molecule has 3 aromatic rings. The van der Waals surface area contributed by atoms with Gasteiger partial charge in [-0.05, 0) is 43.4 Å². The Morgan fingerprint density at radius 2 is 2.00 bits per heavy atom. The highest BCUT2D eigenvalue weighted by atomic mass is 32.2. The summed E-state index contributed by atoms with van der Waals surface area (Å²) in [5, 5.41) is 4.26. The number of ether oxygens (including phenoxy) is 2. The average Bonchev–Trinajstić information content (AvgIpc) is 3.09. The lowest BCUT2D eigenvalue weighted by atomic mass is 10.0. The van der Waals surface area contributed by atoms with E-state index in [-0.39, 0.29) is 17.2 Å². The highest BCUT2D eigenvalue weighted by Crippen LogP contribution is 2.44. The number of pyridine rings is 1. The van der Waals surface area contributed by atoms with Gasteiger partial charge in [0.2, 0.25) is 0 Å². The zero-order valence-electron chi connectivity index (χ0n) is 16.7. The second-order valence-corrected chi connectivity index (χ2v) is 8.83. The van der Waals surface area contributed by atoms with Crippen LogP contribution in [0.2, 0.25) is 0 Å². The van der Waals surface area contributed by atoms with Crippen LogP contribution in [-0.2, 0) is 4.74 Å². The number of thioether (sulfide) groups is 1. The first-order valence-corrected chi connectivity index (χ1v) is 10.8. The number of fused-ring (bicyclic) bond motifs is 2. The normalized spacial score (nSPS) is 19.5. The predicted octanol–water partition coefficient (Wildman–Crippen LogP) is 3.26. The van der Waals surface area contributed by atoms with Crippen LogP contribution in [0.5, 0.6) is 5.75 Å². The van der Waals surface area contributed by atoms with Gasteiger partial charge in [0.25, 0.3) is 11.1 Å². The van der Waals surface area contributed by atoms with Crippen LogP contribution < -0.4 is 15.9 Å². The molecule has 1 atom stereocenters. The second-order valence-electron chi connectivity index (χ2n) is 7.53. The molecule has 2 aliphatic heterocycles. The van der Waals surface area contributed by atoms with Crippen molar-refractivity contribution in [3.05, 3.63) is 56.1 Å². The van der Waals surface area contributed by atoms with Crippen LogP contribution in [-0.4, -0.2) is 40.1 Å². The quantitative estimate of drug-likeness (QED) is 0.669. The Labute approximate surface area is 176 Å². The van der Waals surface area contributed by atoms with E-state index >= 15 is 0 Å². The minimum Gasteiger partial charge on any atom is -0.497 e. The van der Waals surface area contributed by atoms with E-state index in [0.29, 0.717) is 41.4 Å². The van der Waals surface area contributed by atoms with Crippen molar-refractivity contribution in [3.8, 4) is 5.75 Å². The van der Waals surface area contributed by atoms with Crippen molar-refractivity contribution in [1.29, 1.82) is 0 Å².